The normalized spacial score (nSPS) is 12.2. The minimum Gasteiger partial charge on any atom is -0.486 e. The molecular formula is C18H15ClN2O6. The summed E-state index contributed by atoms with van der Waals surface area (Å²) in [7, 11) is 0. The minimum atomic E-state index is -0.753. The Morgan fingerprint density at radius 1 is 1.11 bits per heavy atom. The number of fused-ring (bicyclic) bond motifs is 1. The van der Waals surface area contributed by atoms with Crippen molar-refractivity contribution in [2.75, 3.05) is 26.4 Å². The smallest absolute Gasteiger partial charge is 0.325 e. The Morgan fingerprint density at radius 2 is 1.89 bits per heavy atom. The molecule has 27 heavy (non-hydrogen) atoms. The zero-order valence-electron chi connectivity index (χ0n) is 14.1. The van der Waals surface area contributed by atoms with Crippen LogP contribution in [-0.4, -0.2) is 49.0 Å². The highest BCUT2D eigenvalue weighted by atomic mass is 35.5. The van der Waals surface area contributed by atoms with E-state index in [2.05, 4.69) is 10.3 Å². The number of nitrogens with zero attached hydrogens (tertiary/aromatic N) is 1. The Morgan fingerprint density at radius 3 is 2.67 bits per heavy atom. The number of nitrogens with one attached hydrogen (secondary N) is 1. The van der Waals surface area contributed by atoms with Crippen LogP contribution in [0.5, 0.6) is 11.5 Å². The van der Waals surface area contributed by atoms with Crippen LogP contribution < -0.4 is 14.8 Å². The summed E-state index contributed by atoms with van der Waals surface area (Å²) in [6.07, 6.45) is 1.38. The van der Waals surface area contributed by atoms with E-state index in [1.54, 1.807) is 12.1 Å². The van der Waals surface area contributed by atoms with E-state index < -0.39 is 30.8 Å². The first-order chi connectivity index (χ1) is 13.0. The van der Waals surface area contributed by atoms with Crippen molar-refractivity contribution in [3.63, 3.8) is 0 Å². The topological polar surface area (TPSA) is 104 Å². The molecule has 0 saturated carbocycles. The predicted octanol–water partition coefficient (Wildman–Crippen LogP) is 1.66. The van der Waals surface area contributed by atoms with Gasteiger partial charge in [-0.2, -0.15) is 0 Å². The van der Waals surface area contributed by atoms with E-state index in [1.807, 2.05) is 0 Å². The van der Waals surface area contributed by atoms with Crippen molar-refractivity contribution < 1.29 is 28.6 Å². The lowest BCUT2D eigenvalue weighted by Gasteiger charge is -2.18. The van der Waals surface area contributed by atoms with E-state index in [9.17, 15) is 14.4 Å². The Hall–Kier alpha value is -3.13. The number of Topliss-reactive ketones (excluding diaryl/α,β-unsaturated/α-hetero) is 1. The van der Waals surface area contributed by atoms with Crippen molar-refractivity contribution in [3.05, 3.63) is 52.8 Å². The average Bonchev–Trinajstić information content (AvgIpc) is 2.69. The van der Waals surface area contributed by atoms with Gasteiger partial charge in [0.2, 0.25) is 0 Å². The molecule has 0 atom stereocenters. The molecular weight excluding hydrogens is 376 g/mol. The molecule has 1 aromatic heterocycles. The monoisotopic (exact) mass is 390 g/mol. The Kier molecular flexibility index (Phi) is 5.87. The van der Waals surface area contributed by atoms with E-state index in [4.69, 9.17) is 25.8 Å². The van der Waals surface area contributed by atoms with Crippen molar-refractivity contribution in [2.45, 2.75) is 0 Å². The summed E-state index contributed by atoms with van der Waals surface area (Å²) in [6.45, 7) is 0.000350. The lowest BCUT2D eigenvalue weighted by Crippen LogP contribution is -2.32. The Balaban J connectivity index is 1.47. The number of benzene rings is 1. The molecule has 2 heterocycles. The van der Waals surface area contributed by atoms with Crippen LogP contribution in [0, 0.1) is 0 Å². The van der Waals surface area contributed by atoms with Crippen LogP contribution in [0.1, 0.15) is 20.8 Å². The highest BCUT2D eigenvalue weighted by Gasteiger charge is 2.17. The standard InChI is InChI=1S/C18H15ClN2O6/c19-12-3-4-20-13(8-12)18(24)21-9-17(23)27-10-14(22)11-1-2-15-16(7-11)26-6-5-25-15/h1-4,7-8H,5-6,9-10H2,(H,21,24). The van der Waals surface area contributed by atoms with E-state index in [-0.39, 0.29) is 5.69 Å². The van der Waals surface area contributed by atoms with Gasteiger partial charge < -0.3 is 19.5 Å². The maximum Gasteiger partial charge on any atom is 0.325 e. The summed E-state index contributed by atoms with van der Waals surface area (Å²) in [6, 6.07) is 7.62. The molecule has 0 aliphatic carbocycles. The highest BCUT2D eigenvalue weighted by Crippen LogP contribution is 2.30. The number of aromatic nitrogens is 1. The number of carbonyl (C=O) groups is 3. The number of amides is 1. The maximum absolute atomic E-state index is 12.1. The van der Waals surface area contributed by atoms with Crippen LogP contribution in [0.2, 0.25) is 5.02 Å². The summed E-state index contributed by atoms with van der Waals surface area (Å²) in [5, 5.41) is 2.70. The van der Waals surface area contributed by atoms with Crippen LogP contribution in [0.25, 0.3) is 0 Å². The zero-order valence-corrected chi connectivity index (χ0v) is 14.8. The number of hydrogen-bond donors (Lipinski definition) is 1. The maximum atomic E-state index is 12.1. The summed E-state index contributed by atoms with van der Waals surface area (Å²) in [5.74, 6) is -0.695. The van der Waals surface area contributed by atoms with Crippen molar-refractivity contribution in [1.82, 2.24) is 10.3 Å². The second-order valence-electron chi connectivity index (χ2n) is 5.48. The molecule has 1 amide bonds. The van der Waals surface area contributed by atoms with Crippen molar-refractivity contribution >= 4 is 29.3 Å². The first-order valence-corrected chi connectivity index (χ1v) is 8.39. The van der Waals surface area contributed by atoms with Crippen LogP contribution >= 0.6 is 11.6 Å². The average molecular weight is 391 g/mol. The van der Waals surface area contributed by atoms with Gasteiger partial charge in [0, 0.05) is 16.8 Å². The van der Waals surface area contributed by atoms with Gasteiger partial charge >= 0.3 is 5.97 Å². The fourth-order valence-corrected chi connectivity index (χ4v) is 2.43. The number of esters is 1. The third-order valence-corrected chi connectivity index (χ3v) is 3.81. The van der Waals surface area contributed by atoms with Crippen LogP contribution in [-0.2, 0) is 9.53 Å². The van der Waals surface area contributed by atoms with E-state index in [1.165, 1.54) is 24.4 Å². The number of carbonyl (C=O) groups excluding carboxylic acids is 3. The molecule has 8 nitrogen and oxygen atoms in total. The van der Waals surface area contributed by atoms with E-state index in [0.717, 1.165) is 0 Å². The first-order valence-electron chi connectivity index (χ1n) is 8.01. The van der Waals surface area contributed by atoms with Crippen LogP contribution in [0.15, 0.2) is 36.5 Å². The number of pyridine rings is 1. The van der Waals surface area contributed by atoms with Gasteiger partial charge in [0.25, 0.3) is 5.91 Å². The van der Waals surface area contributed by atoms with Crippen molar-refractivity contribution in [1.29, 1.82) is 0 Å². The van der Waals surface area contributed by atoms with Gasteiger partial charge in [0.15, 0.2) is 23.9 Å². The summed E-state index contributed by atoms with van der Waals surface area (Å²) >= 11 is 5.77. The Labute approximate surface area is 159 Å². The molecule has 140 valence electrons. The molecule has 0 radical (unpaired) electrons. The molecule has 0 bridgehead atoms. The van der Waals surface area contributed by atoms with Gasteiger partial charge in [0.1, 0.15) is 25.5 Å². The van der Waals surface area contributed by atoms with Gasteiger partial charge in [-0.25, -0.2) is 0 Å². The summed E-state index contributed by atoms with van der Waals surface area (Å²) in [4.78, 5) is 39.6. The first kappa shape index (κ1) is 18.7. The van der Waals surface area contributed by atoms with Crippen molar-refractivity contribution in [2.24, 2.45) is 0 Å². The number of halogens is 1. The second-order valence-corrected chi connectivity index (χ2v) is 5.92. The number of hydrogen-bond acceptors (Lipinski definition) is 7. The lowest BCUT2D eigenvalue weighted by molar-refractivity contribution is -0.141. The predicted molar refractivity (Wildman–Crippen MR) is 94.3 cm³/mol. The van der Waals surface area contributed by atoms with E-state index >= 15 is 0 Å². The second kappa shape index (κ2) is 8.50. The number of ketones is 1. The number of ether oxygens (including phenoxy) is 3. The minimum absolute atomic E-state index is 0.0719. The fourth-order valence-electron chi connectivity index (χ4n) is 2.27. The molecule has 0 unspecified atom stereocenters. The van der Waals surface area contributed by atoms with Gasteiger partial charge in [-0.3, -0.25) is 19.4 Å². The molecule has 1 aliphatic heterocycles. The molecule has 1 N–H and O–H groups in total. The van der Waals surface area contributed by atoms with Crippen molar-refractivity contribution in [3.8, 4) is 11.5 Å². The third kappa shape index (κ3) is 4.95. The molecule has 3 rings (SSSR count). The summed E-state index contributed by atoms with van der Waals surface area (Å²) in [5.41, 5.74) is 0.405. The highest BCUT2D eigenvalue weighted by molar-refractivity contribution is 6.30. The quantitative estimate of drug-likeness (QED) is 0.590. The van der Waals surface area contributed by atoms with E-state index in [0.29, 0.717) is 35.3 Å². The Bertz CT molecular complexity index is 886. The summed E-state index contributed by atoms with van der Waals surface area (Å²) < 4.78 is 15.7. The van der Waals surface area contributed by atoms with Gasteiger partial charge in [-0.1, -0.05) is 11.6 Å². The van der Waals surface area contributed by atoms with Crippen LogP contribution in [0.3, 0.4) is 0 Å². The van der Waals surface area contributed by atoms with Gasteiger partial charge in [-0.15, -0.1) is 0 Å². The molecule has 0 saturated heterocycles. The molecule has 1 aromatic carbocycles. The lowest BCUT2D eigenvalue weighted by atomic mass is 10.1. The fraction of sp³-hybridized carbons (Fsp3) is 0.222. The molecule has 2 aromatic rings. The molecule has 9 heteroatoms. The van der Waals surface area contributed by atoms with Crippen LogP contribution in [0.4, 0.5) is 0 Å². The largest absolute Gasteiger partial charge is 0.486 e. The number of rotatable bonds is 6. The molecule has 0 spiro atoms. The third-order valence-electron chi connectivity index (χ3n) is 3.58. The SMILES string of the molecule is O=C(CNC(=O)c1cc(Cl)ccn1)OCC(=O)c1ccc2c(c1)OCCO2. The molecule has 1 aliphatic rings. The van der Waals surface area contributed by atoms with Gasteiger partial charge in [-0.05, 0) is 30.3 Å². The molecule has 0 fully saturated rings. The van der Waals surface area contributed by atoms with Gasteiger partial charge in [0.05, 0.1) is 0 Å². The zero-order chi connectivity index (χ0) is 19.2.